The first kappa shape index (κ1) is 15.1. The van der Waals surface area contributed by atoms with Crippen LogP contribution in [0.5, 0.6) is 0 Å². The van der Waals surface area contributed by atoms with Crippen molar-refractivity contribution in [3.63, 3.8) is 0 Å². The number of halogens is 2. The molecule has 5 heteroatoms. The van der Waals surface area contributed by atoms with Gasteiger partial charge in [-0.2, -0.15) is 0 Å². The van der Waals surface area contributed by atoms with Gasteiger partial charge in [-0.05, 0) is 42.3 Å². The number of rotatable bonds is 1. The lowest BCUT2D eigenvalue weighted by molar-refractivity contribution is -0.109. The zero-order valence-electron chi connectivity index (χ0n) is 9.21. The lowest BCUT2D eigenvalue weighted by atomic mass is 10.1. The highest BCUT2D eigenvalue weighted by Crippen LogP contribution is 2.16. The third kappa shape index (κ3) is 5.88. The summed E-state index contributed by atoms with van der Waals surface area (Å²) in [5.74, 6) is -0.292. The Hall–Kier alpha value is -0.870. The van der Waals surface area contributed by atoms with Crippen LogP contribution in [0.3, 0.4) is 0 Å². The van der Waals surface area contributed by atoms with E-state index in [1.54, 1.807) is 6.07 Å². The smallest absolute Gasteiger partial charge is 0.338 e. The summed E-state index contributed by atoms with van der Waals surface area (Å²) in [5.41, 5.74) is 1.52. The molecule has 0 radical (unpaired) electrons. The molecule has 0 fully saturated rings. The van der Waals surface area contributed by atoms with Gasteiger partial charge in [0.2, 0.25) is 5.24 Å². The van der Waals surface area contributed by atoms with E-state index in [-0.39, 0.29) is 11.2 Å². The maximum Gasteiger partial charge on any atom is 0.338 e. The van der Waals surface area contributed by atoms with Crippen molar-refractivity contribution >= 4 is 38.7 Å². The molecule has 0 saturated carbocycles. The van der Waals surface area contributed by atoms with E-state index < -0.39 is 0 Å². The summed E-state index contributed by atoms with van der Waals surface area (Å²) in [4.78, 5) is 20.3. The van der Waals surface area contributed by atoms with Gasteiger partial charge in [0.05, 0.1) is 12.7 Å². The van der Waals surface area contributed by atoms with Gasteiger partial charge in [0.1, 0.15) is 0 Å². The number of benzene rings is 1. The average Bonchev–Trinajstić information content (AvgIpc) is 2.16. The van der Waals surface area contributed by atoms with E-state index >= 15 is 0 Å². The summed E-state index contributed by atoms with van der Waals surface area (Å²) in [6, 6.07) is 5.44. The first-order valence-corrected chi connectivity index (χ1v) is 5.56. The highest BCUT2D eigenvalue weighted by Gasteiger charge is 2.07. The number of carbonyl (C=O) groups excluding carboxylic acids is 2. The molecule has 0 heterocycles. The molecular weight excluding hydrogens is 295 g/mol. The molecule has 0 N–H and O–H groups in total. The molecule has 1 rings (SSSR count). The van der Waals surface area contributed by atoms with Crippen molar-refractivity contribution < 1.29 is 14.3 Å². The molecule has 0 atom stereocenters. The van der Waals surface area contributed by atoms with Gasteiger partial charge in [-0.1, -0.05) is 15.9 Å². The molecule has 0 amide bonds. The number of methoxy groups -OCH3 is 1. The summed E-state index contributed by atoms with van der Waals surface area (Å²) < 4.78 is 5.57. The first-order chi connectivity index (χ1) is 7.38. The molecule has 0 aliphatic carbocycles. The SMILES string of the molecule is CC(=O)Cl.COC(=O)c1ccc(Br)cc1C. The van der Waals surface area contributed by atoms with E-state index in [1.165, 1.54) is 14.0 Å². The fourth-order valence-electron chi connectivity index (χ4n) is 0.966. The van der Waals surface area contributed by atoms with Gasteiger partial charge < -0.3 is 4.74 Å². The largest absolute Gasteiger partial charge is 0.465 e. The minimum atomic E-state index is -0.361. The van der Waals surface area contributed by atoms with Crippen LogP contribution in [0.15, 0.2) is 22.7 Å². The predicted octanol–water partition coefficient (Wildman–Crippen LogP) is 3.32. The van der Waals surface area contributed by atoms with Crippen molar-refractivity contribution in [2.45, 2.75) is 13.8 Å². The van der Waals surface area contributed by atoms with Gasteiger partial charge in [0.25, 0.3) is 0 Å². The zero-order valence-corrected chi connectivity index (χ0v) is 11.6. The average molecular weight is 308 g/mol. The summed E-state index contributed by atoms with van der Waals surface area (Å²) in [6.45, 7) is 3.17. The summed E-state index contributed by atoms with van der Waals surface area (Å²) in [7, 11) is 1.38. The van der Waals surface area contributed by atoms with Crippen LogP contribution in [-0.4, -0.2) is 18.3 Å². The summed E-state index contributed by atoms with van der Waals surface area (Å²) >= 11 is 7.95. The van der Waals surface area contributed by atoms with Crippen molar-refractivity contribution in [3.05, 3.63) is 33.8 Å². The topological polar surface area (TPSA) is 43.4 Å². The highest BCUT2D eigenvalue weighted by atomic mass is 79.9. The molecular formula is C11H12BrClO3. The van der Waals surface area contributed by atoms with E-state index in [4.69, 9.17) is 0 Å². The molecule has 0 saturated heterocycles. The van der Waals surface area contributed by atoms with E-state index in [0.29, 0.717) is 5.56 Å². The van der Waals surface area contributed by atoms with Gasteiger partial charge >= 0.3 is 5.97 Å². The number of hydrogen-bond acceptors (Lipinski definition) is 3. The van der Waals surface area contributed by atoms with Gasteiger partial charge in [0, 0.05) is 11.4 Å². The number of aryl methyl sites for hydroxylation is 1. The lowest BCUT2D eigenvalue weighted by Crippen LogP contribution is -2.03. The molecule has 16 heavy (non-hydrogen) atoms. The molecule has 0 unspecified atom stereocenters. The quantitative estimate of drug-likeness (QED) is 0.590. The second-order valence-corrected chi connectivity index (χ2v) is 4.37. The molecule has 0 aromatic heterocycles. The lowest BCUT2D eigenvalue weighted by Gasteiger charge is -2.02. The highest BCUT2D eigenvalue weighted by molar-refractivity contribution is 9.10. The van der Waals surface area contributed by atoms with Crippen molar-refractivity contribution in [1.29, 1.82) is 0 Å². The number of hydrogen-bond donors (Lipinski definition) is 0. The normalized spacial score (nSPS) is 8.81. The van der Waals surface area contributed by atoms with Crippen LogP contribution in [0.4, 0.5) is 0 Å². The monoisotopic (exact) mass is 306 g/mol. The van der Waals surface area contributed by atoms with Crippen LogP contribution < -0.4 is 0 Å². The van der Waals surface area contributed by atoms with E-state index in [2.05, 4.69) is 32.3 Å². The number of ether oxygens (including phenoxy) is 1. The van der Waals surface area contributed by atoms with Gasteiger partial charge in [-0.3, -0.25) is 4.79 Å². The van der Waals surface area contributed by atoms with E-state index in [0.717, 1.165) is 10.0 Å². The first-order valence-electron chi connectivity index (χ1n) is 4.39. The molecule has 0 aliphatic rings. The molecule has 88 valence electrons. The van der Waals surface area contributed by atoms with Crippen molar-refractivity contribution in [2.24, 2.45) is 0 Å². The fraction of sp³-hybridized carbons (Fsp3) is 0.273. The minimum Gasteiger partial charge on any atom is -0.465 e. The molecule has 0 aliphatic heterocycles. The van der Waals surface area contributed by atoms with Crippen molar-refractivity contribution in [3.8, 4) is 0 Å². The third-order valence-electron chi connectivity index (χ3n) is 1.59. The summed E-state index contributed by atoms with van der Waals surface area (Å²) in [6.07, 6.45) is 0. The second-order valence-electron chi connectivity index (χ2n) is 2.92. The molecule has 1 aromatic rings. The Kier molecular flexibility index (Phi) is 7.01. The zero-order chi connectivity index (χ0) is 12.7. The molecule has 0 bridgehead atoms. The van der Waals surface area contributed by atoms with E-state index in [1.807, 2.05) is 19.1 Å². The molecule has 0 spiro atoms. The Morgan fingerprint density at radius 2 is 1.88 bits per heavy atom. The van der Waals surface area contributed by atoms with Crippen LogP contribution in [-0.2, 0) is 9.53 Å². The summed E-state index contributed by atoms with van der Waals surface area (Å²) in [5, 5.41) is -0.361. The number of esters is 1. The maximum absolute atomic E-state index is 11.1. The van der Waals surface area contributed by atoms with Crippen LogP contribution in [0.2, 0.25) is 0 Å². The second kappa shape index (κ2) is 7.41. The maximum atomic E-state index is 11.1. The Bertz CT molecular complexity index is 387. The van der Waals surface area contributed by atoms with Gasteiger partial charge in [-0.15, -0.1) is 0 Å². The number of carbonyl (C=O) groups is 2. The van der Waals surface area contributed by atoms with Gasteiger partial charge in [-0.25, -0.2) is 4.79 Å². The van der Waals surface area contributed by atoms with Crippen molar-refractivity contribution in [1.82, 2.24) is 0 Å². The Morgan fingerprint density at radius 1 is 1.38 bits per heavy atom. The third-order valence-corrected chi connectivity index (χ3v) is 2.09. The fourth-order valence-corrected chi connectivity index (χ4v) is 1.44. The Labute approximate surface area is 108 Å². The Balaban J connectivity index is 0.000000487. The minimum absolute atomic E-state index is 0.292. The predicted molar refractivity (Wildman–Crippen MR) is 66.8 cm³/mol. The molecule has 1 aromatic carbocycles. The van der Waals surface area contributed by atoms with Crippen LogP contribution in [0.1, 0.15) is 22.8 Å². The standard InChI is InChI=1S/C9H9BrO2.C2H3ClO/c1-6-5-7(10)3-4-8(6)9(11)12-2;1-2(3)4/h3-5H,1-2H3;1H3. The molecule has 3 nitrogen and oxygen atoms in total. The van der Waals surface area contributed by atoms with Crippen LogP contribution in [0.25, 0.3) is 0 Å². The van der Waals surface area contributed by atoms with Crippen LogP contribution >= 0.6 is 27.5 Å². The Morgan fingerprint density at radius 3 is 2.25 bits per heavy atom. The van der Waals surface area contributed by atoms with Crippen molar-refractivity contribution in [2.75, 3.05) is 7.11 Å². The van der Waals surface area contributed by atoms with Gasteiger partial charge in [0.15, 0.2) is 0 Å². The van der Waals surface area contributed by atoms with Crippen LogP contribution in [0, 0.1) is 6.92 Å². The van der Waals surface area contributed by atoms with E-state index in [9.17, 15) is 9.59 Å².